The molecular weight excluding hydrogens is 272 g/mol. The first-order valence-electron chi connectivity index (χ1n) is 6.92. The molecule has 20 heavy (non-hydrogen) atoms. The highest BCUT2D eigenvalue weighted by Crippen LogP contribution is 2.18. The van der Waals surface area contributed by atoms with E-state index in [1.165, 1.54) is 5.56 Å². The van der Waals surface area contributed by atoms with Gasteiger partial charge in [-0.15, -0.1) is 12.4 Å². The second-order valence-electron chi connectivity index (χ2n) is 6.01. The lowest BCUT2D eigenvalue weighted by atomic mass is 9.88. The lowest BCUT2D eigenvalue weighted by Gasteiger charge is -2.33. The van der Waals surface area contributed by atoms with Crippen molar-refractivity contribution in [2.75, 3.05) is 6.54 Å². The second-order valence-corrected chi connectivity index (χ2v) is 6.01. The zero-order chi connectivity index (χ0) is 14.6. The van der Waals surface area contributed by atoms with Crippen molar-refractivity contribution in [2.24, 2.45) is 11.7 Å². The smallest absolute Gasteiger partial charge is 0.251 e. The normalized spacial score (nSPS) is 13.8. The molecule has 114 valence electrons. The molecule has 0 bridgehead atoms. The maximum absolute atomic E-state index is 12.2. The van der Waals surface area contributed by atoms with E-state index in [-0.39, 0.29) is 29.8 Å². The van der Waals surface area contributed by atoms with Gasteiger partial charge in [-0.2, -0.15) is 0 Å². The van der Waals surface area contributed by atoms with Gasteiger partial charge in [-0.25, -0.2) is 0 Å². The predicted octanol–water partition coefficient (Wildman–Crippen LogP) is 3.34. The Balaban J connectivity index is 0.00000361. The van der Waals surface area contributed by atoms with Gasteiger partial charge in [0, 0.05) is 12.1 Å². The van der Waals surface area contributed by atoms with Crippen molar-refractivity contribution in [3.05, 3.63) is 35.4 Å². The third kappa shape index (κ3) is 4.50. The van der Waals surface area contributed by atoms with Crippen molar-refractivity contribution in [3.63, 3.8) is 0 Å². The molecule has 0 fully saturated rings. The number of hydrogen-bond donors (Lipinski definition) is 2. The minimum atomic E-state index is -0.367. The molecule has 0 saturated carbocycles. The van der Waals surface area contributed by atoms with Gasteiger partial charge in [0.05, 0.1) is 5.54 Å². The van der Waals surface area contributed by atoms with Crippen molar-refractivity contribution < 1.29 is 4.79 Å². The molecule has 1 rings (SSSR count). The summed E-state index contributed by atoms with van der Waals surface area (Å²) in [4.78, 5) is 12.2. The molecule has 0 aromatic heterocycles. The molecular formula is C16H27ClN2O. The Labute approximate surface area is 128 Å². The third-order valence-electron chi connectivity index (χ3n) is 3.94. The predicted molar refractivity (Wildman–Crippen MR) is 87.5 cm³/mol. The number of nitrogens with one attached hydrogen (secondary N) is 1. The molecule has 1 aromatic carbocycles. The molecule has 1 amide bonds. The number of benzene rings is 1. The molecule has 1 atom stereocenters. The van der Waals surface area contributed by atoms with Crippen LogP contribution in [0.15, 0.2) is 24.3 Å². The molecule has 3 nitrogen and oxygen atoms in total. The van der Waals surface area contributed by atoms with Gasteiger partial charge in [-0.05, 0) is 36.5 Å². The molecule has 0 aliphatic heterocycles. The molecule has 0 saturated heterocycles. The summed E-state index contributed by atoms with van der Waals surface area (Å²) in [6.07, 6.45) is 0. The number of amides is 1. The summed E-state index contributed by atoms with van der Waals surface area (Å²) in [5.74, 6) is 0.704. The number of rotatable bonds is 5. The highest BCUT2D eigenvalue weighted by atomic mass is 35.5. The summed E-state index contributed by atoms with van der Waals surface area (Å²) in [6, 6.07) is 7.77. The van der Waals surface area contributed by atoms with Crippen LogP contribution >= 0.6 is 12.4 Å². The van der Waals surface area contributed by atoms with Gasteiger partial charge in [0.1, 0.15) is 0 Å². The van der Waals surface area contributed by atoms with Crippen molar-refractivity contribution >= 4 is 18.3 Å². The monoisotopic (exact) mass is 298 g/mol. The fraction of sp³-hybridized carbons (Fsp3) is 0.562. The van der Waals surface area contributed by atoms with E-state index < -0.39 is 0 Å². The Kier molecular flexibility index (Phi) is 7.25. The Morgan fingerprint density at radius 2 is 1.70 bits per heavy atom. The zero-order valence-corrected chi connectivity index (χ0v) is 13.9. The van der Waals surface area contributed by atoms with Gasteiger partial charge >= 0.3 is 0 Å². The van der Waals surface area contributed by atoms with Crippen LogP contribution in [0.5, 0.6) is 0 Å². The van der Waals surface area contributed by atoms with Crippen molar-refractivity contribution in [1.82, 2.24) is 5.32 Å². The lowest BCUT2D eigenvalue weighted by Crippen LogP contribution is -2.55. The standard InChI is InChI=1S/C16H26N2O.ClH/c1-11(2)13-6-8-14(9-7-13)15(19)18-16(5,10-17)12(3)4;/h6-9,11-12H,10,17H2,1-5H3,(H,18,19);1H. The van der Waals surface area contributed by atoms with Crippen LogP contribution < -0.4 is 11.1 Å². The van der Waals surface area contributed by atoms with E-state index in [0.717, 1.165) is 0 Å². The number of halogens is 1. The van der Waals surface area contributed by atoms with Gasteiger partial charge in [0.25, 0.3) is 5.91 Å². The van der Waals surface area contributed by atoms with E-state index >= 15 is 0 Å². The molecule has 3 N–H and O–H groups in total. The third-order valence-corrected chi connectivity index (χ3v) is 3.94. The van der Waals surface area contributed by atoms with E-state index in [4.69, 9.17) is 5.73 Å². The molecule has 4 heteroatoms. The topological polar surface area (TPSA) is 55.1 Å². The van der Waals surface area contributed by atoms with Crippen LogP contribution in [0, 0.1) is 5.92 Å². The quantitative estimate of drug-likeness (QED) is 0.876. The average molecular weight is 299 g/mol. The molecule has 1 unspecified atom stereocenters. The molecule has 0 spiro atoms. The summed E-state index contributed by atoms with van der Waals surface area (Å²) < 4.78 is 0. The van der Waals surface area contributed by atoms with Crippen LogP contribution in [0.1, 0.15) is 56.5 Å². The molecule has 0 aliphatic carbocycles. The first kappa shape index (κ1) is 18.9. The van der Waals surface area contributed by atoms with Gasteiger partial charge in [0.2, 0.25) is 0 Å². The minimum absolute atomic E-state index is 0. The Bertz CT molecular complexity index is 429. The van der Waals surface area contributed by atoms with Gasteiger partial charge < -0.3 is 11.1 Å². The average Bonchev–Trinajstić information content (AvgIpc) is 2.38. The number of hydrogen-bond acceptors (Lipinski definition) is 2. The summed E-state index contributed by atoms with van der Waals surface area (Å²) in [7, 11) is 0. The zero-order valence-electron chi connectivity index (χ0n) is 13.1. The second kappa shape index (κ2) is 7.65. The van der Waals surface area contributed by atoms with E-state index in [1.807, 2.05) is 31.2 Å². The fourth-order valence-corrected chi connectivity index (χ4v) is 1.78. The number of nitrogens with two attached hydrogens (primary N) is 1. The van der Waals surface area contributed by atoms with Crippen LogP contribution in [-0.2, 0) is 0 Å². The molecule has 0 heterocycles. The van der Waals surface area contributed by atoms with Crippen LogP contribution in [0.4, 0.5) is 0 Å². The summed E-state index contributed by atoms with van der Waals surface area (Å²) in [5.41, 5.74) is 7.34. The highest BCUT2D eigenvalue weighted by molar-refractivity contribution is 5.94. The maximum atomic E-state index is 12.2. The summed E-state index contributed by atoms with van der Waals surface area (Å²) in [6.45, 7) is 10.8. The lowest BCUT2D eigenvalue weighted by molar-refractivity contribution is 0.0883. The minimum Gasteiger partial charge on any atom is -0.345 e. The summed E-state index contributed by atoms with van der Waals surface area (Å²) in [5, 5.41) is 3.04. The van der Waals surface area contributed by atoms with E-state index in [9.17, 15) is 4.79 Å². The number of carbonyl (C=O) groups is 1. The van der Waals surface area contributed by atoms with Gasteiger partial charge in [-0.1, -0.05) is 39.8 Å². The van der Waals surface area contributed by atoms with Crippen LogP contribution in [0.25, 0.3) is 0 Å². The van der Waals surface area contributed by atoms with Crippen molar-refractivity contribution in [2.45, 2.75) is 46.1 Å². The molecule has 1 aromatic rings. The van der Waals surface area contributed by atoms with E-state index in [2.05, 4.69) is 33.0 Å². The Morgan fingerprint density at radius 3 is 2.05 bits per heavy atom. The van der Waals surface area contributed by atoms with Crippen molar-refractivity contribution in [3.8, 4) is 0 Å². The van der Waals surface area contributed by atoms with E-state index in [0.29, 0.717) is 18.0 Å². The van der Waals surface area contributed by atoms with Crippen LogP contribution in [0.2, 0.25) is 0 Å². The largest absolute Gasteiger partial charge is 0.345 e. The number of carbonyl (C=O) groups excluding carboxylic acids is 1. The SMILES string of the molecule is CC(C)c1ccc(C(=O)NC(C)(CN)C(C)C)cc1.Cl. The fourth-order valence-electron chi connectivity index (χ4n) is 1.78. The van der Waals surface area contributed by atoms with Gasteiger partial charge in [0.15, 0.2) is 0 Å². The first-order valence-corrected chi connectivity index (χ1v) is 6.92. The Morgan fingerprint density at radius 1 is 1.20 bits per heavy atom. The Hall–Kier alpha value is -1.06. The first-order chi connectivity index (χ1) is 8.80. The maximum Gasteiger partial charge on any atom is 0.251 e. The van der Waals surface area contributed by atoms with Crippen molar-refractivity contribution in [1.29, 1.82) is 0 Å². The molecule has 0 aliphatic rings. The molecule has 0 radical (unpaired) electrons. The van der Waals surface area contributed by atoms with Crippen LogP contribution in [0.3, 0.4) is 0 Å². The van der Waals surface area contributed by atoms with Gasteiger partial charge in [-0.3, -0.25) is 4.79 Å². The summed E-state index contributed by atoms with van der Waals surface area (Å²) >= 11 is 0. The highest BCUT2D eigenvalue weighted by Gasteiger charge is 2.28. The van der Waals surface area contributed by atoms with Crippen LogP contribution in [-0.4, -0.2) is 18.0 Å². The van der Waals surface area contributed by atoms with E-state index in [1.54, 1.807) is 0 Å².